The average Bonchev–Trinajstić information content (AvgIpc) is 3.40. The lowest BCUT2D eigenvalue weighted by Gasteiger charge is -2.27. The first-order chi connectivity index (χ1) is 13.9. The van der Waals surface area contributed by atoms with Crippen LogP contribution in [0, 0.1) is 0 Å². The van der Waals surface area contributed by atoms with Gasteiger partial charge in [-0.2, -0.15) is 5.10 Å². The van der Waals surface area contributed by atoms with Gasteiger partial charge in [0.1, 0.15) is 31.6 Å². The third-order valence-electron chi connectivity index (χ3n) is 5.11. The molecule has 0 N–H and O–H groups in total. The van der Waals surface area contributed by atoms with E-state index in [1.54, 1.807) is 11.0 Å². The summed E-state index contributed by atoms with van der Waals surface area (Å²) < 4.78 is 19.6. The van der Waals surface area contributed by atoms with Gasteiger partial charge in [-0.15, -0.1) is 0 Å². The van der Waals surface area contributed by atoms with Crippen molar-refractivity contribution in [3.05, 3.63) is 77.9 Å². The van der Waals surface area contributed by atoms with E-state index in [9.17, 15) is 0 Å². The normalized spacial score (nSPS) is 16.1. The van der Waals surface area contributed by atoms with Gasteiger partial charge in [-0.25, -0.2) is 9.67 Å². The lowest BCUT2D eigenvalue weighted by molar-refractivity contribution is -0.177. The molecule has 1 aliphatic heterocycles. The van der Waals surface area contributed by atoms with Crippen molar-refractivity contribution < 1.29 is 14.2 Å². The zero-order chi connectivity index (χ0) is 20.3. The Hall–Kier alpha value is -2.70. The Morgan fingerprint density at radius 2 is 1.69 bits per heavy atom. The standard InChI is InChI=1S/C23H27N3O3/c1-22(2,3)19-6-4-18(5-7-19)14-27-21-10-8-20(9-11-21)23(28-12-13-29-23)15-26-17-24-16-25-26/h4-11,16-17H,12-15H2,1-3H3. The smallest absolute Gasteiger partial charge is 0.215 e. The molecular formula is C23H27N3O3. The van der Waals surface area contributed by atoms with E-state index in [1.165, 1.54) is 11.9 Å². The van der Waals surface area contributed by atoms with Crippen LogP contribution in [0.3, 0.4) is 0 Å². The molecule has 0 unspecified atom stereocenters. The van der Waals surface area contributed by atoms with Crippen LogP contribution < -0.4 is 4.74 Å². The molecule has 29 heavy (non-hydrogen) atoms. The van der Waals surface area contributed by atoms with Crippen molar-refractivity contribution >= 4 is 0 Å². The van der Waals surface area contributed by atoms with Crippen molar-refractivity contribution in [2.75, 3.05) is 13.2 Å². The molecule has 152 valence electrons. The fourth-order valence-corrected chi connectivity index (χ4v) is 3.40. The fourth-order valence-electron chi connectivity index (χ4n) is 3.40. The van der Waals surface area contributed by atoms with Crippen LogP contribution in [0.1, 0.15) is 37.5 Å². The van der Waals surface area contributed by atoms with Crippen LogP contribution in [-0.2, 0) is 33.8 Å². The first-order valence-corrected chi connectivity index (χ1v) is 9.88. The molecule has 0 bridgehead atoms. The van der Waals surface area contributed by atoms with Gasteiger partial charge in [0.15, 0.2) is 0 Å². The van der Waals surface area contributed by atoms with Crippen molar-refractivity contribution in [1.82, 2.24) is 14.8 Å². The van der Waals surface area contributed by atoms with E-state index in [1.807, 2.05) is 24.3 Å². The Balaban J connectivity index is 1.42. The van der Waals surface area contributed by atoms with E-state index >= 15 is 0 Å². The highest BCUT2D eigenvalue weighted by atomic mass is 16.7. The molecule has 0 amide bonds. The van der Waals surface area contributed by atoms with E-state index in [0.29, 0.717) is 26.4 Å². The maximum absolute atomic E-state index is 5.96. The molecule has 4 rings (SSSR count). The molecule has 0 radical (unpaired) electrons. The molecule has 1 aromatic heterocycles. The summed E-state index contributed by atoms with van der Waals surface area (Å²) >= 11 is 0. The second kappa shape index (κ2) is 7.97. The first-order valence-electron chi connectivity index (χ1n) is 9.88. The number of benzene rings is 2. The molecular weight excluding hydrogens is 366 g/mol. The molecule has 0 saturated carbocycles. The van der Waals surface area contributed by atoms with E-state index in [-0.39, 0.29) is 5.41 Å². The van der Waals surface area contributed by atoms with Crippen molar-refractivity contribution in [3.63, 3.8) is 0 Å². The maximum atomic E-state index is 5.96. The molecule has 1 aliphatic rings. The minimum absolute atomic E-state index is 0.155. The first kappa shape index (κ1) is 19.6. The number of nitrogens with zero attached hydrogens (tertiary/aromatic N) is 3. The molecule has 0 aliphatic carbocycles. The molecule has 6 nitrogen and oxygen atoms in total. The van der Waals surface area contributed by atoms with Gasteiger partial charge in [0.05, 0.1) is 13.2 Å². The lowest BCUT2D eigenvalue weighted by atomic mass is 9.87. The highest BCUT2D eigenvalue weighted by Gasteiger charge is 2.39. The second-order valence-electron chi connectivity index (χ2n) is 8.30. The maximum Gasteiger partial charge on any atom is 0.215 e. The number of aromatic nitrogens is 3. The molecule has 3 aromatic rings. The Morgan fingerprint density at radius 3 is 2.28 bits per heavy atom. The summed E-state index contributed by atoms with van der Waals surface area (Å²) in [5, 5.41) is 4.17. The highest BCUT2D eigenvalue weighted by Crippen LogP contribution is 2.34. The number of hydrogen-bond acceptors (Lipinski definition) is 5. The molecule has 6 heteroatoms. The minimum atomic E-state index is -0.838. The van der Waals surface area contributed by atoms with E-state index in [2.05, 4.69) is 55.1 Å². The van der Waals surface area contributed by atoms with Crippen molar-refractivity contribution in [2.24, 2.45) is 0 Å². The van der Waals surface area contributed by atoms with Crippen molar-refractivity contribution in [1.29, 1.82) is 0 Å². The van der Waals surface area contributed by atoms with Crippen LogP contribution in [-0.4, -0.2) is 28.0 Å². The summed E-state index contributed by atoms with van der Waals surface area (Å²) in [6.45, 7) is 8.73. The van der Waals surface area contributed by atoms with Gasteiger partial charge < -0.3 is 14.2 Å². The van der Waals surface area contributed by atoms with E-state index in [4.69, 9.17) is 14.2 Å². The summed E-state index contributed by atoms with van der Waals surface area (Å²) in [5.74, 6) is -0.0304. The number of hydrogen-bond donors (Lipinski definition) is 0. The third kappa shape index (κ3) is 4.49. The van der Waals surface area contributed by atoms with Crippen LogP contribution in [0.4, 0.5) is 0 Å². The molecule has 1 saturated heterocycles. The average molecular weight is 393 g/mol. The van der Waals surface area contributed by atoms with Crippen molar-refractivity contribution in [2.45, 2.75) is 45.1 Å². The van der Waals surface area contributed by atoms with Gasteiger partial charge >= 0.3 is 0 Å². The Labute approximate surface area is 171 Å². The highest BCUT2D eigenvalue weighted by molar-refractivity contribution is 5.31. The Bertz CT molecular complexity index is 908. The summed E-state index contributed by atoms with van der Waals surface area (Å²) in [5.41, 5.74) is 3.56. The second-order valence-corrected chi connectivity index (χ2v) is 8.30. The Morgan fingerprint density at radius 1 is 1.00 bits per heavy atom. The fraction of sp³-hybridized carbons (Fsp3) is 0.391. The van der Waals surface area contributed by atoms with Crippen LogP contribution in [0.2, 0.25) is 0 Å². The number of rotatable bonds is 6. The molecule has 0 spiro atoms. The summed E-state index contributed by atoms with van der Waals surface area (Å²) in [6, 6.07) is 16.5. The van der Waals surface area contributed by atoms with Gasteiger partial charge in [-0.05, 0) is 40.8 Å². The topological polar surface area (TPSA) is 58.4 Å². The lowest BCUT2D eigenvalue weighted by Crippen LogP contribution is -2.33. The predicted molar refractivity (Wildman–Crippen MR) is 110 cm³/mol. The Kier molecular flexibility index (Phi) is 5.39. The molecule has 1 fully saturated rings. The van der Waals surface area contributed by atoms with Gasteiger partial charge in [0, 0.05) is 5.56 Å². The molecule has 2 aromatic carbocycles. The minimum Gasteiger partial charge on any atom is -0.489 e. The third-order valence-corrected chi connectivity index (χ3v) is 5.11. The van der Waals surface area contributed by atoms with Crippen LogP contribution >= 0.6 is 0 Å². The molecule has 0 atom stereocenters. The van der Waals surface area contributed by atoms with Crippen LogP contribution in [0.15, 0.2) is 61.2 Å². The number of ether oxygens (including phenoxy) is 3. The molecule has 2 heterocycles. The monoisotopic (exact) mass is 393 g/mol. The predicted octanol–water partition coefficient (Wildman–Crippen LogP) is 4.05. The largest absolute Gasteiger partial charge is 0.489 e. The van der Waals surface area contributed by atoms with E-state index < -0.39 is 5.79 Å². The summed E-state index contributed by atoms with van der Waals surface area (Å²) in [6.07, 6.45) is 3.17. The zero-order valence-electron chi connectivity index (χ0n) is 17.2. The summed E-state index contributed by atoms with van der Waals surface area (Å²) in [7, 11) is 0. The van der Waals surface area contributed by atoms with E-state index in [0.717, 1.165) is 16.9 Å². The SMILES string of the molecule is CC(C)(C)c1ccc(COc2ccc(C3(Cn4cncn4)OCCO3)cc2)cc1. The van der Waals surface area contributed by atoms with Gasteiger partial charge in [-0.3, -0.25) is 0 Å². The van der Waals surface area contributed by atoms with Gasteiger partial charge in [0.2, 0.25) is 5.79 Å². The van der Waals surface area contributed by atoms with Crippen LogP contribution in [0.5, 0.6) is 5.75 Å². The quantitative estimate of drug-likeness (QED) is 0.632. The van der Waals surface area contributed by atoms with Gasteiger partial charge in [-0.1, -0.05) is 45.0 Å². The van der Waals surface area contributed by atoms with Crippen molar-refractivity contribution in [3.8, 4) is 5.75 Å². The summed E-state index contributed by atoms with van der Waals surface area (Å²) in [4.78, 5) is 4.00. The van der Waals surface area contributed by atoms with Crippen LogP contribution in [0.25, 0.3) is 0 Å². The zero-order valence-corrected chi connectivity index (χ0v) is 17.2. The van der Waals surface area contributed by atoms with Gasteiger partial charge in [0.25, 0.3) is 0 Å².